The first-order chi connectivity index (χ1) is 9.84. The molecule has 0 heterocycles. The highest BCUT2D eigenvalue weighted by Gasteiger charge is 2.07. The first-order valence-corrected chi connectivity index (χ1v) is 8.43. The van der Waals surface area contributed by atoms with E-state index in [0.29, 0.717) is 5.75 Å². The minimum absolute atomic E-state index is 0.0246. The summed E-state index contributed by atoms with van der Waals surface area (Å²) in [5, 5.41) is 2.59. The van der Waals surface area contributed by atoms with Crippen LogP contribution in [0, 0.1) is 13.8 Å². The monoisotopic (exact) mass is 314 g/mol. The van der Waals surface area contributed by atoms with Gasteiger partial charge in [0.05, 0.1) is 5.75 Å². The quantitative estimate of drug-likeness (QED) is 0.693. The molecule has 0 aromatic heterocycles. The number of hydrogen-bond acceptors (Lipinski definition) is 4. The Hall–Kier alpha value is -1.60. The van der Waals surface area contributed by atoms with Gasteiger partial charge in [-0.3, -0.25) is 4.79 Å². The van der Waals surface area contributed by atoms with Crippen molar-refractivity contribution < 1.29 is 17.9 Å². The van der Waals surface area contributed by atoms with E-state index >= 15 is 0 Å². The zero-order valence-electron chi connectivity index (χ0n) is 12.6. The van der Waals surface area contributed by atoms with E-state index in [1.807, 2.05) is 32.0 Å². The number of aryl methyl sites for hydroxylation is 2. The molecule has 0 bridgehead atoms. The van der Waals surface area contributed by atoms with Crippen LogP contribution in [0.3, 0.4) is 0 Å². The van der Waals surface area contributed by atoms with E-state index in [1.54, 1.807) is 6.92 Å². The van der Waals surface area contributed by atoms with Gasteiger partial charge in [-0.05, 0) is 32.4 Å². The molecule has 0 aliphatic carbocycles. The molecule has 1 rings (SSSR count). The molecule has 118 valence electrons. The van der Waals surface area contributed by atoms with Gasteiger partial charge in [0, 0.05) is 13.1 Å². The van der Waals surface area contributed by atoms with Crippen molar-refractivity contribution >= 4 is 15.9 Å². The van der Waals surface area contributed by atoms with Crippen LogP contribution < -0.4 is 14.8 Å². The number of sulfonamides is 1. The van der Waals surface area contributed by atoms with E-state index in [1.165, 1.54) is 0 Å². The van der Waals surface area contributed by atoms with E-state index in [9.17, 15) is 13.2 Å². The highest BCUT2D eigenvalue weighted by Crippen LogP contribution is 2.18. The van der Waals surface area contributed by atoms with Gasteiger partial charge in [0.15, 0.2) is 6.61 Å². The van der Waals surface area contributed by atoms with Crippen LogP contribution in [0.2, 0.25) is 0 Å². The second-order valence-corrected chi connectivity index (χ2v) is 6.80. The average Bonchev–Trinajstić information content (AvgIpc) is 2.43. The Morgan fingerprint density at radius 2 is 1.95 bits per heavy atom. The third kappa shape index (κ3) is 6.59. The third-order valence-corrected chi connectivity index (χ3v) is 4.24. The maximum Gasteiger partial charge on any atom is 0.257 e. The summed E-state index contributed by atoms with van der Waals surface area (Å²) in [5.41, 5.74) is 2.10. The van der Waals surface area contributed by atoms with Crippen molar-refractivity contribution in [3.8, 4) is 5.75 Å². The summed E-state index contributed by atoms with van der Waals surface area (Å²) in [4.78, 5) is 11.6. The van der Waals surface area contributed by atoms with Gasteiger partial charge in [0.2, 0.25) is 10.0 Å². The van der Waals surface area contributed by atoms with E-state index in [2.05, 4.69) is 10.0 Å². The predicted octanol–water partition coefficient (Wildman–Crippen LogP) is 0.738. The van der Waals surface area contributed by atoms with Crippen LogP contribution in [0.5, 0.6) is 5.75 Å². The molecular formula is C14H22N2O4S. The lowest BCUT2D eigenvalue weighted by molar-refractivity contribution is -0.123. The van der Waals surface area contributed by atoms with Gasteiger partial charge in [-0.15, -0.1) is 0 Å². The summed E-state index contributed by atoms with van der Waals surface area (Å²) < 4.78 is 30.1. The fraction of sp³-hybridized carbons (Fsp3) is 0.500. The number of hydrogen-bond donors (Lipinski definition) is 2. The second-order valence-electron chi connectivity index (χ2n) is 4.71. The summed E-state index contributed by atoms with van der Waals surface area (Å²) in [6.07, 6.45) is 0. The highest BCUT2D eigenvalue weighted by molar-refractivity contribution is 7.89. The lowest BCUT2D eigenvalue weighted by atomic mass is 10.1. The molecule has 21 heavy (non-hydrogen) atoms. The van der Waals surface area contributed by atoms with Crippen LogP contribution in [0.4, 0.5) is 0 Å². The molecule has 1 aromatic carbocycles. The van der Waals surface area contributed by atoms with Gasteiger partial charge in [0.25, 0.3) is 5.91 Å². The Morgan fingerprint density at radius 3 is 2.57 bits per heavy atom. The summed E-state index contributed by atoms with van der Waals surface area (Å²) in [6.45, 7) is 5.77. The Bertz CT molecular complexity index is 585. The molecule has 1 aromatic rings. The van der Waals surface area contributed by atoms with E-state index in [-0.39, 0.29) is 31.4 Å². The van der Waals surface area contributed by atoms with Crippen LogP contribution in [-0.4, -0.2) is 39.8 Å². The Balaban J connectivity index is 2.28. The number of nitrogens with one attached hydrogen (secondary N) is 2. The average molecular weight is 314 g/mol. The van der Waals surface area contributed by atoms with Crippen molar-refractivity contribution in [3.63, 3.8) is 0 Å². The molecule has 0 saturated carbocycles. The lowest BCUT2D eigenvalue weighted by Crippen LogP contribution is -2.37. The standard InChI is InChI=1S/C14H22N2O4S/c1-4-21(18,19)16-8-7-15-14(17)10-20-13-6-5-11(2)9-12(13)3/h5-6,9,16H,4,7-8,10H2,1-3H3,(H,15,17). The first-order valence-electron chi connectivity index (χ1n) is 6.78. The van der Waals surface area contributed by atoms with Gasteiger partial charge >= 0.3 is 0 Å². The Morgan fingerprint density at radius 1 is 1.24 bits per heavy atom. The third-order valence-electron chi connectivity index (χ3n) is 2.84. The number of carbonyl (C=O) groups excluding carboxylic acids is 1. The summed E-state index contributed by atoms with van der Waals surface area (Å²) in [6, 6.07) is 5.72. The molecule has 0 aliphatic heterocycles. The van der Waals surface area contributed by atoms with E-state index < -0.39 is 10.0 Å². The number of rotatable bonds is 8. The van der Waals surface area contributed by atoms with Crippen molar-refractivity contribution in [1.82, 2.24) is 10.0 Å². The van der Waals surface area contributed by atoms with Crippen molar-refractivity contribution in [3.05, 3.63) is 29.3 Å². The van der Waals surface area contributed by atoms with Crippen molar-refractivity contribution in [2.45, 2.75) is 20.8 Å². The van der Waals surface area contributed by atoms with Gasteiger partial charge < -0.3 is 10.1 Å². The molecule has 2 N–H and O–H groups in total. The Labute approximate surface area is 125 Å². The molecule has 0 saturated heterocycles. The molecule has 0 radical (unpaired) electrons. The molecule has 7 heteroatoms. The van der Waals surface area contributed by atoms with Gasteiger partial charge in [-0.2, -0.15) is 0 Å². The maximum atomic E-state index is 11.6. The zero-order valence-corrected chi connectivity index (χ0v) is 13.4. The van der Waals surface area contributed by atoms with Crippen LogP contribution in [0.1, 0.15) is 18.1 Å². The molecule has 0 fully saturated rings. The molecule has 6 nitrogen and oxygen atoms in total. The van der Waals surface area contributed by atoms with Gasteiger partial charge in [-0.1, -0.05) is 17.7 Å². The summed E-state index contributed by atoms with van der Waals surface area (Å²) >= 11 is 0. The van der Waals surface area contributed by atoms with E-state index in [4.69, 9.17) is 4.74 Å². The summed E-state index contributed by atoms with van der Waals surface area (Å²) in [5.74, 6) is 0.407. The minimum Gasteiger partial charge on any atom is -0.484 e. The fourth-order valence-corrected chi connectivity index (χ4v) is 2.28. The largest absolute Gasteiger partial charge is 0.484 e. The normalized spacial score (nSPS) is 11.2. The SMILES string of the molecule is CCS(=O)(=O)NCCNC(=O)COc1ccc(C)cc1C. The van der Waals surface area contributed by atoms with Gasteiger partial charge in [-0.25, -0.2) is 13.1 Å². The second kappa shape index (κ2) is 7.99. The van der Waals surface area contributed by atoms with Crippen LogP contribution in [0.15, 0.2) is 18.2 Å². The molecular weight excluding hydrogens is 292 g/mol. The van der Waals surface area contributed by atoms with Crippen LogP contribution in [-0.2, 0) is 14.8 Å². The van der Waals surface area contributed by atoms with Gasteiger partial charge in [0.1, 0.15) is 5.75 Å². The molecule has 0 atom stereocenters. The van der Waals surface area contributed by atoms with E-state index in [0.717, 1.165) is 11.1 Å². The lowest BCUT2D eigenvalue weighted by Gasteiger charge is -2.10. The van der Waals surface area contributed by atoms with Crippen LogP contribution >= 0.6 is 0 Å². The zero-order chi connectivity index (χ0) is 15.9. The van der Waals surface area contributed by atoms with Crippen molar-refractivity contribution in [2.24, 2.45) is 0 Å². The van der Waals surface area contributed by atoms with Crippen molar-refractivity contribution in [1.29, 1.82) is 0 Å². The molecule has 1 amide bonds. The fourth-order valence-electron chi connectivity index (χ4n) is 1.67. The smallest absolute Gasteiger partial charge is 0.257 e. The highest BCUT2D eigenvalue weighted by atomic mass is 32.2. The maximum absolute atomic E-state index is 11.6. The molecule has 0 aliphatic rings. The predicted molar refractivity (Wildman–Crippen MR) is 81.9 cm³/mol. The first kappa shape index (κ1) is 17.5. The topological polar surface area (TPSA) is 84.5 Å². The molecule has 0 spiro atoms. The minimum atomic E-state index is -3.21. The Kier molecular flexibility index (Phi) is 6.64. The number of amides is 1. The number of ether oxygens (including phenoxy) is 1. The number of carbonyl (C=O) groups is 1. The van der Waals surface area contributed by atoms with Crippen molar-refractivity contribution in [2.75, 3.05) is 25.4 Å². The number of benzene rings is 1. The van der Waals surface area contributed by atoms with Crippen LogP contribution in [0.25, 0.3) is 0 Å². The molecule has 0 unspecified atom stereocenters. The summed E-state index contributed by atoms with van der Waals surface area (Å²) in [7, 11) is -3.21.